The molecule has 1 heterocycles. The summed E-state index contributed by atoms with van der Waals surface area (Å²) in [6, 6.07) is 5.03. The van der Waals surface area contributed by atoms with E-state index in [9.17, 15) is 18.0 Å². The highest BCUT2D eigenvalue weighted by Gasteiger charge is 2.30. The van der Waals surface area contributed by atoms with Crippen LogP contribution >= 0.6 is 0 Å². The van der Waals surface area contributed by atoms with E-state index in [1.54, 1.807) is 27.9 Å². The average molecular weight is 425 g/mol. The third-order valence-electron chi connectivity index (χ3n) is 4.33. The fourth-order valence-corrected chi connectivity index (χ4v) is 2.82. The van der Waals surface area contributed by atoms with Crippen molar-refractivity contribution < 1.29 is 18.0 Å². The van der Waals surface area contributed by atoms with Crippen molar-refractivity contribution in [2.75, 3.05) is 27.2 Å². The lowest BCUT2D eigenvalue weighted by molar-refractivity contribution is -0.137. The molecule has 30 heavy (non-hydrogen) atoms. The first kappa shape index (κ1) is 23.7. The van der Waals surface area contributed by atoms with Gasteiger partial charge in [0.2, 0.25) is 0 Å². The lowest BCUT2D eigenvalue weighted by Gasteiger charge is -2.29. The number of nitrogens with one attached hydrogen (secondary N) is 1. The van der Waals surface area contributed by atoms with Crippen LogP contribution in [0, 0.1) is 0 Å². The molecular formula is C21H30F3N5O. The van der Waals surface area contributed by atoms with Gasteiger partial charge in [0, 0.05) is 37.6 Å². The zero-order valence-electron chi connectivity index (χ0n) is 18.1. The van der Waals surface area contributed by atoms with E-state index < -0.39 is 11.7 Å². The molecule has 166 valence electrons. The smallest absolute Gasteiger partial charge is 0.333 e. The van der Waals surface area contributed by atoms with E-state index in [0.717, 1.165) is 12.1 Å². The van der Waals surface area contributed by atoms with Gasteiger partial charge in [-0.05, 0) is 52.6 Å². The van der Waals surface area contributed by atoms with E-state index in [1.807, 2.05) is 39.8 Å². The summed E-state index contributed by atoms with van der Waals surface area (Å²) in [5, 5.41) is 2.96. The number of halogens is 3. The highest BCUT2D eigenvalue weighted by molar-refractivity contribution is 5.74. The van der Waals surface area contributed by atoms with E-state index in [4.69, 9.17) is 0 Å². The van der Waals surface area contributed by atoms with Crippen molar-refractivity contribution in [2.45, 2.75) is 45.6 Å². The zero-order valence-corrected chi connectivity index (χ0v) is 18.1. The SMILES string of the molecule is CN(C)CCN(Cc1nccn1Cc1cccc(C(F)(F)F)c1)C(=O)NC(C)(C)C. The minimum Gasteiger partial charge on any atom is -0.333 e. The summed E-state index contributed by atoms with van der Waals surface area (Å²) in [7, 11) is 3.85. The number of aromatic nitrogens is 2. The summed E-state index contributed by atoms with van der Waals surface area (Å²) in [6.45, 7) is 7.37. The second-order valence-electron chi connectivity index (χ2n) is 8.57. The Balaban J connectivity index is 2.19. The van der Waals surface area contributed by atoms with Gasteiger partial charge < -0.3 is 19.7 Å². The Bertz CT molecular complexity index is 840. The van der Waals surface area contributed by atoms with E-state index in [-0.39, 0.29) is 24.7 Å². The number of carbonyl (C=O) groups is 1. The highest BCUT2D eigenvalue weighted by Crippen LogP contribution is 2.29. The van der Waals surface area contributed by atoms with Crippen LogP contribution < -0.4 is 5.32 Å². The van der Waals surface area contributed by atoms with Gasteiger partial charge in [0.15, 0.2) is 0 Å². The predicted octanol–water partition coefficient (Wildman–Crippen LogP) is 3.82. The molecule has 2 aromatic rings. The number of hydrogen-bond acceptors (Lipinski definition) is 3. The first-order chi connectivity index (χ1) is 13.8. The maximum atomic E-state index is 13.0. The van der Waals surface area contributed by atoms with Crippen LogP contribution in [0.2, 0.25) is 0 Å². The number of urea groups is 1. The molecule has 0 saturated heterocycles. The van der Waals surface area contributed by atoms with E-state index in [0.29, 0.717) is 24.5 Å². The van der Waals surface area contributed by atoms with Crippen LogP contribution in [0.3, 0.4) is 0 Å². The van der Waals surface area contributed by atoms with Crippen molar-refractivity contribution in [1.82, 2.24) is 24.7 Å². The molecule has 1 aromatic heterocycles. The molecule has 0 unspecified atom stereocenters. The van der Waals surface area contributed by atoms with Crippen LogP contribution in [0.4, 0.5) is 18.0 Å². The summed E-state index contributed by atoms with van der Waals surface area (Å²) < 4.78 is 40.8. The van der Waals surface area contributed by atoms with Gasteiger partial charge in [0.1, 0.15) is 5.82 Å². The van der Waals surface area contributed by atoms with Crippen molar-refractivity contribution in [3.05, 3.63) is 53.6 Å². The number of rotatable bonds is 7. The summed E-state index contributed by atoms with van der Waals surface area (Å²) in [4.78, 5) is 20.7. The van der Waals surface area contributed by atoms with E-state index in [2.05, 4.69) is 10.3 Å². The number of amides is 2. The van der Waals surface area contributed by atoms with Crippen molar-refractivity contribution in [3.63, 3.8) is 0 Å². The lowest BCUT2D eigenvalue weighted by Crippen LogP contribution is -2.49. The molecule has 0 radical (unpaired) electrons. The topological polar surface area (TPSA) is 53.4 Å². The molecule has 1 aromatic carbocycles. The standard InChI is InChI=1S/C21H30F3N5O/c1-20(2,3)26-19(30)29(12-11-27(4)5)15-18-25-9-10-28(18)14-16-7-6-8-17(13-16)21(22,23)24/h6-10,13H,11-12,14-15H2,1-5H3,(H,26,30). The summed E-state index contributed by atoms with van der Waals surface area (Å²) in [5.74, 6) is 0.607. The lowest BCUT2D eigenvalue weighted by atomic mass is 10.1. The van der Waals surface area contributed by atoms with Crippen molar-refractivity contribution in [1.29, 1.82) is 0 Å². The number of likely N-dealkylation sites (N-methyl/N-ethyl adjacent to an activating group) is 1. The molecule has 0 saturated carbocycles. The van der Waals surface area contributed by atoms with Crippen LogP contribution in [-0.4, -0.2) is 58.1 Å². The Hall–Kier alpha value is -2.55. The van der Waals surface area contributed by atoms with Crippen LogP contribution in [-0.2, 0) is 19.3 Å². The highest BCUT2D eigenvalue weighted by atomic mass is 19.4. The molecule has 9 heteroatoms. The van der Waals surface area contributed by atoms with Gasteiger partial charge in [-0.1, -0.05) is 12.1 Å². The summed E-state index contributed by atoms with van der Waals surface area (Å²) >= 11 is 0. The zero-order chi connectivity index (χ0) is 22.5. The third kappa shape index (κ3) is 7.37. The first-order valence-electron chi connectivity index (χ1n) is 9.73. The Morgan fingerprint density at radius 1 is 1.17 bits per heavy atom. The number of carbonyl (C=O) groups excluding carboxylic acids is 1. The van der Waals surface area contributed by atoms with Crippen LogP contribution in [0.5, 0.6) is 0 Å². The van der Waals surface area contributed by atoms with Crippen molar-refractivity contribution in [3.8, 4) is 0 Å². The second-order valence-corrected chi connectivity index (χ2v) is 8.57. The van der Waals surface area contributed by atoms with Gasteiger partial charge in [0.25, 0.3) is 0 Å². The molecule has 0 bridgehead atoms. The molecule has 1 N–H and O–H groups in total. The Labute approximate surface area is 175 Å². The van der Waals surface area contributed by atoms with Gasteiger partial charge in [-0.25, -0.2) is 9.78 Å². The van der Waals surface area contributed by atoms with Gasteiger partial charge in [0.05, 0.1) is 12.1 Å². The summed E-state index contributed by atoms with van der Waals surface area (Å²) in [5.41, 5.74) is -0.553. The monoisotopic (exact) mass is 425 g/mol. The second kappa shape index (κ2) is 9.51. The molecule has 0 atom stereocenters. The third-order valence-corrected chi connectivity index (χ3v) is 4.33. The summed E-state index contributed by atoms with van der Waals surface area (Å²) in [6.07, 6.45) is -1.09. The molecule has 0 aliphatic carbocycles. The Kier molecular flexibility index (Phi) is 7.52. The number of benzene rings is 1. The Morgan fingerprint density at radius 3 is 2.47 bits per heavy atom. The fraction of sp³-hybridized carbons (Fsp3) is 0.524. The number of nitrogens with zero attached hydrogens (tertiary/aromatic N) is 4. The largest absolute Gasteiger partial charge is 0.416 e. The minimum atomic E-state index is -4.39. The molecule has 0 spiro atoms. The van der Waals surface area contributed by atoms with Crippen LogP contribution in [0.15, 0.2) is 36.7 Å². The molecule has 6 nitrogen and oxygen atoms in total. The molecule has 2 amide bonds. The number of imidazole rings is 1. The van der Waals surface area contributed by atoms with Gasteiger partial charge in [-0.2, -0.15) is 13.2 Å². The van der Waals surface area contributed by atoms with Crippen LogP contribution in [0.1, 0.15) is 37.7 Å². The van der Waals surface area contributed by atoms with Gasteiger partial charge in [-0.3, -0.25) is 0 Å². The molecule has 0 fully saturated rings. The quantitative estimate of drug-likeness (QED) is 0.734. The normalized spacial score (nSPS) is 12.3. The molecule has 2 rings (SSSR count). The average Bonchev–Trinajstić information content (AvgIpc) is 3.03. The number of alkyl halides is 3. The van der Waals surface area contributed by atoms with Gasteiger partial charge in [-0.15, -0.1) is 0 Å². The minimum absolute atomic E-state index is 0.210. The molecule has 0 aliphatic heterocycles. The van der Waals surface area contributed by atoms with Crippen LogP contribution in [0.25, 0.3) is 0 Å². The van der Waals surface area contributed by atoms with Gasteiger partial charge >= 0.3 is 12.2 Å². The predicted molar refractivity (Wildman–Crippen MR) is 110 cm³/mol. The maximum absolute atomic E-state index is 13.0. The van der Waals surface area contributed by atoms with E-state index in [1.165, 1.54) is 6.07 Å². The first-order valence-corrected chi connectivity index (χ1v) is 9.73. The number of hydrogen-bond donors (Lipinski definition) is 1. The van der Waals surface area contributed by atoms with Crippen molar-refractivity contribution in [2.24, 2.45) is 0 Å². The Morgan fingerprint density at radius 2 is 1.87 bits per heavy atom. The maximum Gasteiger partial charge on any atom is 0.416 e. The fourth-order valence-electron chi connectivity index (χ4n) is 2.82. The molecular weight excluding hydrogens is 395 g/mol. The van der Waals surface area contributed by atoms with E-state index >= 15 is 0 Å². The van der Waals surface area contributed by atoms with Crippen molar-refractivity contribution >= 4 is 6.03 Å². The molecule has 0 aliphatic rings.